The second-order valence-electron chi connectivity index (χ2n) is 9.29. The number of nitrogens with zero attached hydrogens (tertiary/aromatic N) is 5. The third kappa shape index (κ3) is 3.86. The van der Waals surface area contributed by atoms with Gasteiger partial charge in [0.1, 0.15) is 5.52 Å². The van der Waals surface area contributed by atoms with Crippen molar-refractivity contribution >= 4 is 16.7 Å². The van der Waals surface area contributed by atoms with Gasteiger partial charge in [-0.1, -0.05) is 29.8 Å². The number of fused-ring (bicyclic) bond motifs is 2. The van der Waals surface area contributed by atoms with Gasteiger partial charge in [-0.25, -0.2) is 9.97 Å². The lowest BCUT2D eigenvalue weighted by Gasteiger charge is -2.32. The molecule has 0 saturated carbocycles. The van der Waals surface area contributed by atoms with Crippen LogP contribution in [0.4, 0.5) is 0 Å². The summed E-state index contributed by atoms with van der Waals surface area (Å²) in [5, 5.41) is 0. The number of aromatic amines is 1. The molecule has 6 rings (SSSR count). The Balaban J connectivity index is 1.27. The van der Waals surface area contributed by atoms with Crippen molar-refractivity contribution in [1.82, 2.24) is 29.7 Å². The predicted molar refractivity (Wildman–Crippen MR) is 132 cm³/mol. The molecule has 6 nitrogen and oxygen atoms in total. The van der Waals surface area contributed by atoms with E-state index in [1.165, 1.54) is 27.8 Å². The quantitative estimate of drug-likeness (QED) is 0.521. The van der Waals surface area contributed by atoms with Gasteiger partial charge in [-0.3, -0.25) is 9.88 Å². The van der Waals surface area contributed by atoms with Gasteiger partial charge in [0.15, 0.2) is 5.65 Å². The van der Waals surface area contributed by atoms with Gasteiger partial charge in [0, 0.05) is 68.2 Å². The maximum Gasteiger partial charge on any atom is 0.156 e. The van der Waals surface area contributed by atoms with Crippen molar-refractivity contribution < 1.29 is 0 Å². The van der Waals surface area contributed by atoms with Crippen LogP contribution >= 0.6 is 0 Å². The van der Waals surface area contributed by atoms with Crippen LogP contribution in [0.25, 0.3) is 27.9 Å². The third-order valence-corrected chi connectivity index (χ3v) is 6.91. The van der Waals surface area contributed by atoms with Crippen LogP contribution in [0, 0.1) is 0 Å². The first kappa shape index (κ1) is 20.3. The van der Waals surface area contributed by atoms with Crippen LogP contribution in [0.1, 0.15) is 29.4 Å². The van der Waals surface area contributed by atoms with Crippen molar-refractivity contribution in [2.45, 2.75) is 19.9 Å². The highest BCUT2D eigenvalue weighted by molar-refractivity contribution is 5.88. The smallest absolute Gasteiger partial charge is 0.156 e. The maximum absolute atomic E-state index is 4.85. The fourth-order valence-electron chi connectivity index (χ4n) is 4.95. The van der Waals surface area contributed by atoms with Gasteiger partial charge in [0.05, 0.1) is 17.6 Å². The summed E-state index contributed by atoms with van der Waals surface area (Å²) in [6.45, 7) is 7.76. The van der Waals surface area contributed by atoms with Gasteiger partial charge in [0.25, 0.3) is 0 Å². The standard InChI is InChI=1S/C27H28N6/c1-18-13-24-22(26(18)25-16-30-27-23(31-25)7-8-28-27)14-21(15-29-24)20-5-3-19(4-6-20)17-33-11-9-32(2)10-12-33/h3-8,14-16H,9-13,17H2,1-2H3,(H,28,30). The highest BCUT2D eigenvalue weighted by Crippen LogP contribution is 2.37. The van der Waals surface area contributed by atoms with Crippen LogP contribution in [-0.2, 0) is 13.0 Å². The van der Waals surface area contributed by atoms with Crippen LogP contribution in [0.5, 0.6) is 0 Å². The first-order valence-electron chi connectivity index (χ1n) is 11.6. The van der Waals surface area contributed by atoms with Crippen molar-refractivity contribution in [2.24, 2.45) is 0 Å². The molecule has 4 aromatic rings. The van der Waals surface area contributed by atoms with Crippen LogP contribution < -0.4 is 0 Å². The number of allylic oxidation sites excluding steroid dienone is 1. The molecule has 1 aliphatic carbocycles. The van der Waals surface area contributed by atoms with Crippen molar-refractivity contribution in [3.05, 3.63) is 83.1 Å². The Morgan fingerprint density at radius 1 is 0.939 bits per heavy atom. The molecule has 1 aromatic carbocycles. The average Bonchev–Trinajstić information content (AvgIpc) is 3.43. The first-order chi connectivity index (χ1) is 16.1. The molecule has 1 fully saturated rings. The molecule has 1 N–H and O–H groups in total. The fraction of sp³-hybridized carbons (Fsp3) is 0.296. The molecule has 33 heavy (non-hydrogen) atoms. The van der Waals surface area contributed by atoms with E-state index in [0.29, 0.717) is 0 Å². The molecule has 0 radical (unpaired) electrons. The second kappa shape index (κ2) is 8.21. The lowest BCUT2D eigenvalue weighted by atomic mass is 9.99. The Bertz CT molecular complexity index is 1340. The van der Waals surface area contributed by atoms with Crippen LogP contribution in [-0.4, -0.2) is 63.0 Å². The van der Waals surface area contributed by atoms with Crippen LogP contribution in [0.2, 0.25) is 0 Å². The number of likely N-dealkylation sites (N-methyl/N-ethyl adjacent to an activating group) is 1. The van der Waals surface area contributed by atoms with Crippen LogP contribution in [0.3, 0.4) is 0 Å². The molecular weight excluding hydrogens is 408 g/mol. The molecule has 3 aromatic heterocycles. The Labute approximate surface area is 194 Å². The Morgan fingerprint density at radius 2 is 1.76 bits per heavy atom. The van der Waals surface area contributed by atoms with Crippen molar-refractivity contribution in [3.63, 3.8) is 0 Å². The Kier molecular flexibility index (Phi) is 5.04. The maximum atomic E-state index is 4.85. The lowest BCUT2D eigenvalue weighted by molar-refractivity contribution is 0.148. The number of piperazine rings is 1. The van der Waals surface area contributed by atoms with Gasteiger partial charge < -0.3 is 9.88 Å². The third-order valence-electron chi connectivity index (χ3n) is 6.91. The van der Waals surface area contributed by atoms with E-state index in [9.17, 15) is 0 Å². The lowest BCUT2D eigenvalue weighted by Crippen LogP contribution is -2.43. The minimum atomic E-state index is 0.818. The number of hydrogen-bond acceptors (Lipinski definition) is 5. The minimum Gasteiger partial charge on any atom is -0.345 e. The van der Waals surface area contributed by atoms with Gasteiger partial charge in [0.2, 0.25) is 0 Å². The molecule has 4 heterocycles. The number of hydrogen-bond donors (Lipinski definition) is 1. The first-order valence-corrected chi connectivity index (χ1v) is 11.6. The van der Waals surface area contributed by atoms with Gasteiger partial charge in [-0.15, -0.1) is 0 Å². The van der Waals surface area contributed by atoms with Gasteiger partial charge >= 0.3 is 0 Å². The zero-order valence-electron chi connectivity index (χ0n) is 19.2. The minimum absolute atomic E-state index is 0.818. The zero-order valence-corrected chi connectivity index (χ0v) is 19.2. The summed E-state index contributed by atoms with van der Waals surface area (Å²) in [5.74, 6) is 0. The fourth-order valence-corrected chi connectivity index (χ4v) is 4.95. The normalized spacial score (nSPS) is 17.2. The zero-order chi connectivity index (χ0) is 22.4. The summed E-state index contributed by atoms with van der Waals surface area (Å²) in [7, 11) is 2.20. The number of pyridine rings is 1. The molecule has 0 spiro atoms. The molecule has 0 bridgehead atoms. The van der Waals surface area contributed by atoms with E-state index in [0.717, 1.165) is 67.3 Å². The van der Waals surface area contributed by atoms with E-state index >= 15 is 0 Å². The summed E-state index contributed by atoms with van der Waals surface area (Å²) in [4.78, 5) is 22.3. The molecule has 166 valence electrons. The summed E-state index contributed by atoms with van der Waals surface area (Å²) in [6.07, 6.45) is 6.62. The average molecular weight is 437 g/mol. The van der Waals surface area contributed by atoms with E-state index in [1.807, 2.05) is 24.7 Å². The number of benzene rings is 1. The van der Waals surface area contributed by atoms with Gasteiger partial charge in [-0.05, 0) is 37.2 Å². The summed E-state index contributed by atoms with van der Waals surface area (Å²) < 4.78 is 0. The van der Waals surface area contributed by atoms with E-state index in [1.54, 1.807) is 0 Å². The predicted octanol–water partition coefficient (Wildman–Crippen LogP) is 4.15. The van der Waals surface area contributed by atoms with Gasteiger partial charge in [-0.2, -0.15) is 0 Å². The molecule has 6 heteroatoms. The number of rotatable bonds is 4. The topological polar surface area (TPSA) is 60.9 Å². The highest BCUT2D eigenvalue weighted by Gasteiger charge is 2.24. The van der Waals surface area contributed by atoms with Crippen molar-refractivity contribution in [2.75, 3.05) is 33.2 Å². The van der Waals surface area contributed by atoms with Crippen LogP contribution in [0.15, 0.2) is 60.6 Å². The number of H-pyrrole nitrogens is 1. The SMILES string of the molecule is CC1=C(c2cnc3[nH]ccc3n2)c2cc(-c3ccc(CN4CCN(C)CC4)cc3)cnc2C1. The second-order valence-corrected chi connectivity index (χ2v) is 9.29. The molecular formula is C27H28N6. The molecule has 1 saturated heterocycles. The molecule has 0 amide bonds. The van der Waals surface area contributed by atoms with E-state index in [-0.39, 0.29) is 0 Å². The highest BCUT2D eigenvalue weighted by atomic mass is 15.2. The molecule has 0 atom stereocenters. The Morgan fingerprint density at radius 3 is 2.58 bits per heavy atom. The molecule has 2 aliphatic rings. The van der Waals surface area contributed by atoms with E-state index in [2.05, 4.69) is 64.1 Å². The largest absolute Gasteiger partial charge is 0.345 e. The number of nitrogens with one attached hydrogen (secondary N) is 1. The van der Waals surface area contributed by atoms with Crippen molar-refractivity contribution in [3.8, 4) is 11.1 Å². The van der Waals surface area contributed by atoms with E-state index < -0.39 is 0 Å². The number of aromatic nitrogens is 4. The summed E-state index contributed by atoms with van der Waals surface area (Å²) >= 11 is 0. The molecule has 0 unspecified atom stereocenters. The Hall–Kier alpha value is -3.35. The monoisotopic (exact) mass is 436 g/mol. The summed E-state index contributed by atoms with van der Waals surface area (Å²) in [5.41, 5.74) is 11.1. The summed E-state index contributed by atoms with van der Waals surface area (Å²) in [6, 6.07) is 13.2. The van der Waals surface area contributed by atoms with E-state index in [4.69, 9.17) is 9.97 Å². The van der Waals surface area contributed by atoms with Crippen molar-refractivity contribution in [1.29, 1.82) is 0 Å². The molecule has 1 aliphatic heterocycles.